The smallest absolute Gasteiger partial charge is 0.127 e. The Balaban J connectivity index is 1.44. The van der Waals surface area contributed by atoms with E-state index in [1.165, 1.54) is 60.8 Å². The molecule has 2 nitrogen and oxygen atoms in total. The Hall–Kier alpha value is -5.34. The number of ether oxygens (including phenoxy) is 2. The van der Waals surface area contributed by atoms with Crippen LogP contribution in [0.15, 0.2) is 121 Å². The van der Waals surface area contributed by atoms with Crippen LogP contribution in [-0.2, 0) is 0 Å². The molecule has 2 unspecified atom stereocenters. The van der Waals surface area contributed by atoms with E-state index < -0.39 is 0 Å². The first kappa shape index (κ1) is 41.8. The van der Waals surface area contributed by atoms with E-state index in [-0.39, 0.29) is 0 Å². The van der Waals surface area contributed by atoms with Gasteiger partial charge >= 0.3 is 0 Å². The minimum Gasteiger partial charge on any atom is -0.493 e. The third-order valence-electron chi connectivity index (χ3n) is 10.5. The first-order chi connectivity index (χ1) is 27.6. The van der Waals surface area contributed by atoms with Gasteiger partial charge in [0.15, 0.2) is 0 Å². The summed E-state index contributed by atoms with van der Waals surface area (Å²) in [5.41, 5.74) is 9.08. The Kier molecular flexibility index (Phi) is 17.6. The maximum absolute atomic E-state index is 6.74. The standard InChI is InChI=1S/C54H62O2/c1-5-9-17-43(7-3)41-55-53-39-52(38-36-50-33-29-48(30-34-50)26-24-46-21-15-12-16-22-46)54(56-42-44(8-4)18-10-6-2)40-51(53)37-35-49-31-27-47(28-32-49)25-23-45-19-13-11-14-20-45/h11-16,19-40,43-44H,5-10,17-18,41-42H2,1-4H3/b25-23+,26-24+,37-35+,38-36+. The first-order valence-corrected chi connectivity index (χ1v) is 21.0. The molecule has 0 saturated heterocycles. The molecule has 0 aliphatic carbocycles. The van der Waals surface area contributed by atoms with Crippen LogP contribution in [0.1, 0.15) is 124 Å². The number of hydrogen-bond acceptors (Lipinski definition) is 2. The van der Waals surface area contributed by atoms with Gasteiger partial charge in [-0.2, -0.15) is 0 Å². The van der Waals surface area contributed by atoms with Crippen molar-refractivity contribution in [2.45, 2.75) is 79.1 Å². The molecule has 290 valence electrons. The molecule has 0 spiro atoms. The van der Waals surface area contributed by atoms with Gasteiger partial charge in [-0.15, -0.1) is 0 Å². The summed E-state index contributed by atoms with van der Waals surface area (Å²) in [6.07, 6.45) is 26.8. The first-order valence-electron chi connectivity index (χ1n) is 21.0. The molecule has 0 aliphatic rings. The van der Waals surface area contributed by atoms with Gasteiger partial charge in [-0.1, -0.05) is 224 Å². The van der Waals surface area contributed by atoms with E-state index in [2.05, 4.69) is 185 Å². The second-order valence-corrected chi connectivity index (χ2v) is 14.9. The highest BCUT2D eigenvalue weighted by Crippen LogP contribution is 2.34. The average Bonchev–Trinajstić information content (AvgIpc) is 3.25. The van der Waals surface area contributed by atoms with E-state index in [9.17, 15) is 0 Å². The molecule has 2 atom stereocenters. The van der Waals surface area contributed by atoms with Crippen LogP contribution in [0, 0.1) is 11.8 Å². The van der Waals surface area contributed by atoms with Crippen LogP contribution < -0.4 is 9.47 Å². The Labute approximate surface area is 338 Å². The molecule has 0 fully saturated rings. The molecule has 0 aliphatic heterocycles. The Morgan fingerprint density at radius 2 is 0.696 bits per heavy atom. The van der Waals surface area contributed by atoms with Crippen molar-refractivity contribution in [2.24, 2.45) is 11.8 Å². The quantitative estimate of drug-likeness (QED) is 0.0658. The molecule has 0 aromatic heterocycles. The Morgan fingerprint density at radius 3 is 1.00 bits per heavy atom. The summed E-state index contributed by atoms with van der Waals surface area (Å²) >= 11 is 0. The summed E-state index contributed by atoms with van der Waals surface area (Å²) in [5.74, 6) is 2.84. The van der Waals surface area contributed by atoms with Gasteiger partial charge in [0.25, 0.3) is 0 Å². The van der Waals surface area contributed by atoms with E-state index in [1.807, 2.05) is 12.1 Å². The van der Waals surface area contributed by atoms with Gasteiger partial charge in [0.1, 0.15) is 11.5 Å². The highest BCUT2D eigenvalue weighted by Gasteiger charge is 2.15. The predicted octanol–water partition coefficient (Wildman–Crippen LogP) is 15.6. The van der Waals surface area contributed by atoms with E-state index in [0.717, 1.165) is 46.6 Å². The molecular formula is C54H62O2. The van der Waals surface area contributed by atoms with Gasteiger partial charge in [-0.3, -0.25) is 0 Å². The average molecular weight is 743 g/mol. The van der Waals surface area contributed by atoms with Crippen molar-refractivity contribution in [3.05, 3.63) is 166 Å². The molecule has 5 aromatic carbocycles. The lowest BCUT2D eigenvalue weighted by Gasteiger charge is -2.20. The summed E-state index contributed by atoms with van der Waals surface area (Å²) in [4.78, 5) is 0. The SMILES string of the molecule is CCCCC(CC)COc1cc(/C=C/c2ccc(/C=C/c3ccccc3)cc2)c(OCC(CC)CCCC)cc1/C=C/c1ccc(/C=C/c2ccccc2)cc1. The number of hydrogen-bond donors (Lipinski definition) is 0. The third-order valence-corrected chi connectivity index (χ3v) is 10.5. The van der Waals surface area contributed by atoms with Crippen LogP contribution in [0.5, 0.6) is 11.5 Å². The van der Waals surface area contributed by atoms with Crippen molar-refractivity contribution >= 4 is 48.6 Å². The molecule has 5 aromatic rings. The van der Waals surface area contributed by atoms with Gasteiger partial charge in [-0.25, -0.2) is 0 Å². The van der Waals surface area contributed by atoms with Crippen molar-refractivity contribution in [3.8, 4) is 11.5 Å². The van der Waals surface area contributed by atoms with Gasteiger partial charge in [-0.05, 0) is 70.2 Å². The van der Waals surface area contributed by atoms with Gasteiger partial charge < -0.3 is 9.47 Å². The predicted molar refractivity (Wildman–Crippen MR) is 246 cm³/mol. The fourth-order valence-electron chi connectivity index (χ4n) is 6.64. The highest BCUT2D eigenvalue weighted by atomic mass is 16.5. The minimum atomic E-state index is 0.525. The van der Waals surface area contributed by atoms with Crippen LogP contribution in [0.25, 0.3) is 48.6 Å². The van der Waals surface area contributed by atoms with Crippen LogP contribution in [0.2, 0.25) is 0 Å². The Bertz CT molecular complexity index is 1820. The van der Waals surface area contributed by atoms with Crippen molar-refractivity contribution in [2.75, 3.05) is 13.2 Å². The van der Waals surface area contributed by atoms with Gasteiger partial charge in [0, 0.05) is 11.1 Å². The molecular weight excluding hydrogens is 681 g/mol. The molecule has 0 heterocycles. The van der Waals surface area contributed by atoms with Crippen molar-refractivity contribution in [1.29, 1.82) is 0 Å². The van der Waals surface area contributed by atoms with Crippen molar-refractivity contribution < 1.29 is 9.47 Å². The van der Waals surface area contributed by atoms with E-state index >= 15 is 0 Å². The normalized spacial score (nSPS) is 12.9. The molecule has 0 amide bonds. The molecule has 0 bridgehead atoms. The number of rotatable bonds is 22. The van der Waals surface area contributed by atoms with E-state index in [4.69, 9.17) is 9.47 Å². The molecule has 5 rings (SSSR count). The zero-order valence-electron chi connectivity index (χ0n) is 34.2. The van der Waals surface area contributed by atoms with Crippen molar-refractivity contribution in [1.82, 2.24) is 0 Å². The summed E-state index contributed by atoms with van der Waals surface area (Å²) < 4.78 is 13.5. The van der Waals surface area contributed by atoms with Crippen LogP contribution >= 0.6 is 0 Å². The Morgan fingerprint density at radius 1 is 0.393 bits per heavy atom. The summed E-state index contributed by atoms with van der Waals surface area (Å²) in [6.45, 7) is 10.5. The second kappa shape index (κ2) is 23.6. The monoisotopic (exact) mass is 742 g/mol. The van der Waals surface area contributed by atoms with E-state index in [0.29, 0.717) is 25.0 Å². The van der Waals surface area contributed by atoms with Crippen LogP contribution in [0.4, 0.5) is 0 Å². The zero-order chi connectivity index (χ0) is 39.2. The molecule has 56 heavy (non-hydrogen) atoms. The second-order valence-electron chi connectivity index (χ2n) is 14.9. The fourth-order valence-corrected chi connectivity index (χ4v) is 6.64. The van der Waals surface area contributed by atoms with Gasteiger partial charge in [0.05, 0.1) is 13.2 Å². The minimum absolute atomic E-state index is 0.525. The molecule has 0 saturated carbocycles. The maximum Gasteiger partial charge on any atom is 0.127 e. The highest BCUT2D eigenvalue weighted by molar-refractivity contribution is 5.80. The summed E-state index contributed by atoms with van der Waals surface area (Å²) in [7, 11) is 0. The number of benzene rings is 5. The molecule has 0 radical (unpaired) electrons. The lowest BCUT2D eigenvalue weighted by Crippen LogP contribution is -2.13. The topological polar surface area (TPSA) is 18.5 Å². The summed E-state index contributed by atoms with van der Waals surface area (Å²) in [6, 6.07) is 42.6. The fraction of sp³-hybridized carbons (Fsp3) is 0.296. The van der Waals surface area contributed by atoms with Gasteiger partial charge in [0.2, 0.25) is 0 Å². The summed E-state index contributed by atoms with van der Waals surface area (Å²) in [5, 5.41) is 0. The molecule has 0 N–H and O–H groups in total. The largest absolute Gasteiger partial charge is 0.493 e. The number of unbranched alkanes of at least 4 members (excludes halogenated alkanes) is 2. The zero-order valence-corrected chi connectivity index (χ0v) is 34.2. The lowest BCUT2D eigenvalue weighted by atomic mass is 10.00. The third kappa shape index (κ3) is 14.1. The molecule has 2 heteroatoms. The lowest BCUT2D eigenvalue weighted by molar-refractivity contribution is 0.227. The van der Waals surface area contributed by atoms with Crippen LogP contribution in [-0.4, -0.2) is 13.2 Å². The van der Waals surface area contributed by atoms with Crippen molar-refractivity contribution in [3.63, 3.8) is 0 Å². The van der Waals surface area contributed by atoms with Crippen LogP contribution in [0.3, 0.4) is 0 Å². The van der Waals surface area contributed by atoms with E-state index in [1.54, 1.807) is 0 Å². The maximum atomic E-state index is 6.74.